The summed E-state index contributed by atoms with van der Waals surface area (Å²) in [5.41, 5.74) is 2.83. The second-order valence-corrected chi connectivity index (χ2v) is 3.19. The van der Waals surface area contributed by atoms with Gasteiger partial charge in [-0.2, -0.15) is 0 Å². The fourth-order valence-electron chi connectivity index (χ4n) is 1.89. The summed E-state index contributed by atoms with van der Waals surface area (Å²) in [5.74, 6) is 0.742. The van der Waals surface area contributed by atoms with E-state index in [4.69, 9.17) is 5.11 Å². The molecule has 1 aromatic heterocycles. The number of aryl methyl sites for hydroxylation is 1. The van der Waals surface area contributed by atoms with Crippen molar-refractivity contribution in [2.24, 2.45) is 0 Å². The number of pyridine rings is 1. The highest BCUT2D eigenvalue weighted by Crippen LogP contribution is 2.32. The number of nitrogens with zero attached hydrogens (tertiary/aromatic N) is 1. The molecule has 1 heterocycles. The van der Waals surface area contributed by atoms with Crippen LogP contribution in [0.25, 0.3) is 0 Å². The van der Waals surface area contributed by atoms with Gasteiger partial charge in [-0.1, -0.05) is 13.0 Å². The van der Waals surface area contributed by atoms with E-state index in [-0.39, 0.29) is 0 Å². The molecule has 0 aromatic carbocycles. The van der Waals surface area contributed by atoms with Crippen LogP contribution in [-0.4, -0.2) is 17.2 Å². The smallest absolute Gasteiger partial charge is 0.0466 e. The quantitative estimate of drug-likeness (QED) is 0.716. The highest BCUT2D eigenvalue weighted by molar-refractivity contribution is 5.28. The predicted molar refractivity (Wildman–Crippen MR) is 53.7 cm³/mol. The summed E-state index contributed by atoms with van der Waals surface area (Å²) in [4.78, 5) is 4.41. The molecule has 0 radical (unpaired) electrons. The first-order valence-corrected chi connectivity index (χ1v) is 4.80. The third-order valence-electron chi connectivity index (χ3n) is 2.57. The van der Waals surface area contributed by atoms with Crippen LogP contribution in [0.5, 0.6) is 0 Å². The summed E-state index contributed by atoms with van der Waals surface area (Å²) >= 11 is 0. The van der Waals surface area contributed by atoms with Gasteiger partial charge in [0.05, 0.1) is 0 Å². The monoisotopic (exact) mass is 179 g/mol. The molecule has 1 aliphatic carbocycles. The van der Waals surface area contributed by atoms with Gasteiger partial charge in [0.25, 0.3) is 0 Å². The van der Waals surface area contributed by atoms with Crippen molar-refractivity contribution in [1.29, 1.82) is 0 Å². The van der Waals surface area contributed by atoms with Crippen LogP contribution in [0.15, 0.2) is 18.3 Å². The highest BCUT2D eigenvalue weighted by Gasteiger charge is 2.20. The largest absolute Gasteiger partial charge is 0.400 e. The van der Waals surface area contributed by atoms with Gasteiger partial charge in [-0.25, -0.2) is 0 Å². The van der Waals surface area contributed by atoms with Gasteiger partial charge in [0.1, 0.15) is 0 Å². The summed E-state index contributed by atoms with van der Waals surface area (Å²) in [6, 6.07) is 4.24. The molecule has 0 fully saturated rings. The molecule has 0 aliphatic heterocycles. The van der Waals surface area contributed by atoms with E-state index < -0.39 is 0 Å². The lowest BCUT2D eigenvalue weighted by molar-refractivity contribution is 0.399. The first-order valence-electron chi connectivity index (χ1n) is 4.80. The molecule has 1 unspecified atom stereocenters. The predicted octanol–water partition coefficient (Wildman–Crippen LogP) is 2.13. The number of aromatic nitrogens is 1. The topological polar surface area (TPSA) is 33.1 Å². The number of fused-ring (bicyclic) bond motifs is 1. The maximum atomic E-state index is 7.00. The van der Waals surface area contributed by atoms with Crippen molar-refractivity contribution < 1.29 is 5.11 Å². The molecule has 1 atom stereocenters. The molecule has 0 amide bonds. The number of aliphatic hydroxyl groups excluding tert-OH is 1. The fraction of sp³-hybridized carbons (Fsp3) is 0.545. The maximum Gasteiger partial charge on any atom is 0.0466 e. The molecule has 2 rings (SSSR count). The molecule has 72 valence electrons. The van der Waals surface area contributed by atoms with Crippen LogP contribution in [0.2, 0.25) is 0 Å². The van der Waals surface area contributed by atoms with Crippen LogP contribution in [0.4, 0.5) is 0 Å². The van der Waals surface area contributed by atoms with Gasteiger partial charge >= 0.3 is 0 Å². The van der Waals surface area contributed by atoms with E-state index in [9.17, 15) is 0 Å². The zero-order chi connectivity index (χ0) is 9.68. The Morgan fingerprint density at radius 3 is 3.00 bits per heavy atom. The number of hydrogen-bond donors (Lipinski definition) is 1. The van der Waals surface area contributed by atoms with Crippen molar-refractivity contribution in [1.82, 2.24) is 4.98 Å². The number of aliphatic hydroxyl groups is 1. The minimum Gasteiger partial charge on any atom is -0.400 e. The van der Waals surface area contributed by atoms with Crippen molar-refractivity contribution >= 4 is 0 Å². The van der Waals surface area contributed by atoms with Gasteiger partial charge in [-0.3, -0.25) is 4.98 Å². The normalized spacial score (nSPS) is 18.8. The van der Waals surface area contributed by atoms with Crippen molar-refractivity contribution in [3.8, 4) is 0 Å². The standard InChI is InChI=1S/C10H13N.CH4O/c1-2-8-5-6-9-4-3-7-11-10(8)9;1-2/h3-4,7-8H,2,5-6H2,1H3;2H,1H3. The SMILES string of the molecule is CCC1CCc2cccnc21.CO. The molecular weight excluding hydrogens is 162 g/mol. The van der Waals surface area contributed by atoms with Crippen LogP contribution in [0.1, 0.15) is 36.9 Å². The van der Waals surface area contributed by atoms with E-state index in [0.29, 0.717) is 0 Å². The molecule has 1 N–H and O–H groups in total. The molecule has 0 spiro atoms. The van der Waals surface area contributed by atoms with Crippen molar-refractivity contribution in [2.45, 2.75) is 32.1 Å². The van der Waals surface area contributed by atoms with Crippen LogP contribution in [0, 0.1) is 0 Å². The Morgan fingerprint density at radius 2 is 2.31 bits per heavy atom. The molecule has 1 aromatic rings. The van der Waals surface area contributed by atoms with Gasteiger partial charge in [0.15, 0.2) is 0 Å². The molecular formula is C11H17NO. The van der Waals surface area contributed by atoms with Crippen molar-refractivity contribution in [3.05, 3.63) is 29.6 Å². The van der Waals surface area contributed by atoms with Gasteiger partial charge in [-0.15, -0.1) is 0 Å². The summed E-state index contributed by atoms with van der Waals surface area (Å²) < 4.78 is 0. The van der Waals surface area contributed by atoms with E-state index in [2.05, 4.69) is 18.0 Å². The molecule has 13 heavy (non-hydrogen) atoms. The van der Waals surface area contributed by atoms with Crippen LogP contribution < -0.4 is 0 Å². The number of rotatable bonds is 1. The Labute approximate surface area is 79.6 Å². The first-order chi connectivity index (χ1) is 6.42. The molecule has 0 saturated carbocycles. The molecule has 0 saturated heterocycles. The average molecular weight is 179 g/mol. The first kappa shape index (κ1) is 10.2. The number of hydrogen-bond acceptors (Lipinski definition) is 2. The lowest BCUT2D eigenvalue weighted by atomic mass is 10.0. The van der Waals surface area contributed by atoms with Gasteiger partial charge in [0, 0.05) is 24.9 Å². The lowest BCUT2D eigenvalue weighted by Gasteiger charge is -2.04. The van der Waals surface area contributed by atoms with Gasteiger partial charge < -0.3 is 5.11 Å². The third-order valence-corrected chi connectivity index (χ3v) is 2.57. The van der Waals surface area contributed by atoms with Crippen LogP contribution in [0.3, 0.4) is 0 Å². The Balaban J connectivity index is 0.000000396. The van der Waals surface area contributed by atoms with Crippen LogP contribution >= 0.6 is 0 Å². The van der Waals surface area contributed by atoms with Crippen LogP contribution in [-0.2, 0) is 6.42 Å². The molecule has 1 aliphatic rings. The summed E-state index contributed by atoms with van der Waals surface area (Å²) in [6.45, 7) is 2.24. The Hall–Kier alpha value is -0.890. The molecule has 0 bridgehead atoms. The van der Waals surface area contributed by atoms with Crippen molar-refractivity contribution in [3.63, 3.8) is 0 Å². The zero-order valence-corrected chi connectivity index (χ0v) is 8.33. The molecule has 2 heteroatoms. The second kappa shape index (κ2) is 4.97. The fourth-order valence-corrected chi connectivity index (χ4v) is 1.89. The van der Waals surface area contributed by atoms with E-state index in [1.807, 2.05) is 12.3 Å². The average Bonchev–Trinajstić information content (AvgIpc) is 2.64. The Bertz CT molecular complexity index is 260. The molecule has 2 nitrogen and oxygen atoms in total. The lowest BCUT2D eigenvalue weighted by Crippen LogP contribution is -1.93. The highest BCUT2D eigenvalue weighted by atomic mass is 16.2. The third kappa shape index (κ3) is 2.07. The van der Waals surface area contributed by atoms with E-state index in [1.54, 1.807) is 0 Å². The summed E-state index contributed by atoms with van der Waals surface area (Å²) in [6.07, 6.45) is 5.70. The summed E-state index contributed by atoms with van der Waals surface area (Å²) in [7, 11) is 1.00. The second-order valence-electron chi connectivity index (χ2n) is 3.19. The maximum absolute atomic E-state index is 7.00. The van der Waals surface area contributed by atoms with Crippen molar-refractivity contribution in [2.75, 3.05) is 7.11 Å². The summed E-state index contributed by atoms with van der Waals surface area (Å²) in [5, 5.41) is 7.00. The Morgan fingerprint density at radius 1 is 1.54 bits per heavy atom. The minimum absolute atomic E-state index is 0.742. The zero-order valence-electron chi connectivity index (χ0n) is 8.33. The van der Waals surface area contributed by atoms with E-state index in [0.717, 1.165) is 13.0 Å². The van der Waals surface area contributed by atoms with E-state index >= 15 is 0 Å². The minimum atomic E-state index is 0.742. The van der Waals surface area contributed by atoms with E-state index in [1.165, 1.54) is 30.5 Å². The van der Waals surface area contributed by atoms with Gasteiger partial charge in [-0.05, 0) is 30.9 Å². The van der Waals surface area contributed by atoms with Gasteiger partial charge in [0.2, 0.25) is 0 Å². The Kier molecular flexibility index (Phi) is 3.90.